The third-order valence-electron chi connectivity index (χ3n) is 4.76. The number of carbonyl (C=O) groups is 1. The van der Waals surface area contributed by atoms with Gasteiger partial charge in [-0.2, -0.15) is 0 Å². The first-order chi connectivity index (χ1) is 14.3. The summed E-state index contributed by atoms with van der Waals surface area (Å²) in [4.78, 5) is 16.9. The number of hydrogen-bond donors (Lipinski definition) is 1. The van der Waals surface area contributed by atoms with Crippen LogP contribution in [0.3, 0.4) is 0 Å². The van der Waals surface area contributed by atoms with Crippen molar-refractivity contribution in [1.29, 1.82) is 0 Å². The highest BCUT2D eigenvalue weighted by Gasteiger charge is 2.12. The number of nitrogens with one attached hydrogen (secondary N) is 1. The molecule has 0 aliphatic rings. The maximum Gasteiger partial charge on any atom is 0.258 e. The van der Waals surface area contributed by atoms with E-state index in [2.05, 4.69) is 40.2 Å². The number of benzene rings is 3. The Balaban J connectivity index is 1.43. The molecule has 1 amide bonds. The molecule has 29 heavy (non-hydrogen) atoms. The normalized spacial score (nSPS) is 10.8. The van der Waals surface area contributed by atoms with Gasteiger partial charge in [-0.05, 0) is 36.2 Å². The number of fused-ring (bicyclic) bond motifs is 1. The van der Waals surface area contributed by atoms with Gasteiger partial charge in [0.1, 0.15) is 11.6 Å². The lowest BCUT2D eigenvalue weighted by molar-refractivity contribution is -0.123. The molecule has 0 spiro atoms. The Morgan fingerprint density at radius 3 is 2.38 bits per heavy atom. The van der Waals surface area contributed by atoms with Crippen molar-refractivity contribution >= 4 is 16.9 Å². The predicted molar refractivity (Wildman–Crippen MR) is 114 cm³/mol. The van der Waals surface area contributed by atoms with E-state index < -0.39 is 0 Å². The van der Waals surface area contributed by atoms with E-state index >= 15 is 0 Å². The third kappa shape index (κ3) is 4.82. The van der Waals surface area contributed by atoms with Gasteiger partial charge < -0.3 is 14.6 Å². The summed E-state index contributed by atoms with van der Waals surface area (Å²) in [5.41, 5.74) is 3.29. The highest BCUT2D eigenvalue weighted by Crippen LogP contribution is 2.17. The van der Waals surface area contributed by atoms with E-state index in [4.69, 9.17) is 9.72 Å². The molecular weight excluding hydrogens is 362 g/mol. The number of ether oxygens (including phenoxy) is 1. The van der Waals surface area contributed by atoms with Crippen molar-refractivity contribution in [2.45, 2.75) is 19.5 Å². The van der Waals surface area contributed by atoms with Crippen LogP contribution in [0.5, 0.6) is 5.75 Å². The Labute approximate surface area is 170 Å². The van der Waals surface area contributed by atoms with Crippen molar-refractivity contribution < 1.29 is 9.53 Å². The highest BCUT2D eigenvalue weighted by molar-refractivity contribution is 5.78. The molecule has 0 bridgehead atoms. The van der Waals surface area contributed by atoms with Crippen LogP contribution in [0.4, 0.5) is 0 Å². The van der Waals surface area contributed by atoms with E-state index in [9.17, 15) is 4.79 Å². The molecule has 3 aromatic carbocycles. The number of amides is 1. The predicted octanol–water partition coefficient (Wildman–Crippen LogP) is 3.97. The molecular formula is C24H23N3O2. The van der Waals surface area contributed by atoms with Crippen LogP contribution in [0.15, 0.2) is 84.9 Å². The Kier molecular flexibility index (Phi) is 5.86. The zero-order valence-electron chi connectivity index (χ0n) is 16.1. The van der Waals surface area contributed by atoms with Crippen molar-refractivity contribution in [2.24, 2.45) is 0 Å². The number of aryl methyl sites for hydroxylation is 2. The number of para-hydroxylation sites is 3. The smallest absolute Gasteiger partial charge is 0.258 e. The molecule has 0 saturated heterocycles. The summed E-state index contributed by atoms with van der Waals surface area (Å²) in [6, 6.07) is 27.8. The Hall–Kier alpha value is -3.60. The van der Waals surface area contributed by atoms with E-state index in [-0.39, 0.29) is 12.5 Å². The lowest BCUT2D eigenvalue weighted by Crippen LogP contribution is -2.29. The van der Waals surface area contributed by atoms with Gasteiger partial charge >= 0.3 is 0 Å². The molecule has 4 rings (SSSR count). The quantitative estimate of drug-likeness (QED) is 0.499. The number of rotatable bonds is 8. The van der Waals surface area contributed by atoms with Crippen LogP contribution in [0.2, 0.25) is 0 Å². The Bertz CT molecular complexity index is 1080. The van der Waals surface area contributed by atoms with Crippen LogP contribution in [0, 0.1) is 0 Å². The molecule has 0 radical (unpaired) electrons. The summed E-state index contributed by atoms with van der Waals surface area (Å²) >= 11 is 0. The van der Waals surface area contributed by atoms with Crippen molar-refractivity contribution in [3.8, 4) is 5.75 Å². The monoisotopic (exact) mass is 385 g/mol. The van der Waals surface area contributed by atoms with Gasteiger partial charge in [-0.1, -0.05) is 60.7 Å². The summed E-state index contributed by atoms with van der Waals surface area (Å²) in [6.07, 6.45) is 0.902. The van der Waals surface area contributed by atoms with Crippen LogP contribution in [0.25, 0.3) is 11.0 Å². The average Bonchev–Trinajstić information content (AvgIpc) is 3.14. The fraction of sp³-hybridized carbons (Fsp3) is 0.167. The second kappa shape index (κ2) is 9.06. The van der Waals surface area contributed by atoms with E-state index in [1.165, 1.54) is 5.56 Å². The number of aromatic nitrogens is 2. The molecule has 0 aliphatic carbocycles. The minimum absolute atomic E-state index is 0.0196. The summed E-state index contributed by atoms with van der Waals surface area (Å²) in [6.45, 7) is 1.14. The molecule has 5 nitrogen and oxygen atoms in total. The van der Waals surface area contributed by atoms with Crippen molar-refractivity contribution in [2.75, 3.05) is 6.61 Å². The van der Waals surface area contributed by atoms with E-state index in [1.54, 1.807) is 0 Å². The lowest BCUT2D eigenvalue weighted by atomic mass is 10.1. The van der Waals surface area contributed by atoms with Gasteiger partial charge in [0.2, 0.25) is 0 Å². The molecule has 0 aliphatic heterocycles. The number of carbonyl (C=O) groups excluding carboxylic acids is 1. The zero-order valence-corrected chi connectivity index (χ0v) is 16.1. The fourth-order valence-corrected chi connectivity index (χ4v) is 3.29. The van der Waals surface area contributed by atoms with Gasteiger partial charge in [0.25, 0.3) is 5.91 Å². The SMILES string of the molecule is O=C(COc1ccccc1)NCc1nc2ccccc2n1CCc1ccccc1. The summed E-state index contributed by atoms with van der Waals surface area (Å²) in [7, 11) is 0. The minimum Gasteiger partial charge on any atom is -0.484 e. The van der Waals surface area contributed by atoms with Crippen molar-refractivity contribution in [3.63, 3.8) is 0 Å². The van der Waals surface area contributed by atoms with Gasteiger partial charge in [0, 0.05) is 6.54 Å². The van der Waals surface area contributed by atoms with Crippen LogP contribution in [-0.4, -0.2) is 22.1 Å². The first kappa shape index (κ1) is 18.7. The van der Waals surface area contributed by atoms with E-state index in [0.717, 1.165) is 29.8 Å². The second-order valence-electron chi connectivity index (χ2n) is 6.78. The summed E-state index contributed by atoms with van der Waals surface area (Å²) in [5, 5.41) is 2.92. The van der Waals surface area contributed by atoms with Crippen LogP contribution in [0.1, 0.15) is 11.4 Å². The fourth-order valence-electron chi connectivity index (χ4n) is 3.29. The summed E-state index contributed by atoms with van der Waals surface area (Å²) in [5.74, 6) is 1.35. The first-order valence-corrected chi connectivity index (χ1v) is 9.72. The third-order valence-corrected chi connectivity index (χ3v) is 4.76. The van der Waals surface area contributed by atoms with Gasteiger partial charge in [0.05, 0.1) is 17.6 Å². The lowest BCUT2D eigenvalue weighted by Gasteiger charge is -2.11. The van der Waals surface area contributed by atoms with Crippen molar-refractivity contribution in [3.05, 3.63) is 96.3 Å². The molecule has 0 atom stereocenters. The summed E-state index contributed by atoms with van der Waals surface area (Å²) < 4.78 is 7.69. The molecule has 1 N–H and O–H groups in total. The molecule has 5 heteroatoms. The maximum atomic E-state index is 12.2. The number of hydrogen-bond acceptors (Lipinski definition) is 3. The van der Waals surface area contributed by atoms with Crippen molar-refractivity contribution in [1.82, 2.24) is 14.9 Å². The topological polar surface area (TPSA) is 56.1 Å². The van der Waals surface area contributed by atoms with Gasteiger partial charge in [-0.25, -0.2) is 4.98 Å². The Morgan fingerprint density at radius 1 is 0.897 bits per heavy atom. The maximum absolute atomic E-state index is 12.2. The number of imidazole rings is 1. The molecule has 0 saturated carbocycles. The Morgan fingerprint density at radius 2 is 1.59 bits per heavy atom. The molecule has 0 unspecified atom stereocenters. The van der Waals surface area contributed by atoms with Gasteiger partial charge in [-0.15, -0.1) is 0 Å². The van der Waals surface area contributed by atoms with Crippen LogP contribution >= 0.6 is 0 Å². The standard InChI is InChI=1S/C24H23N3O2/c28-24(18-29-20-11-5-2-6-12-20)25-17-23-26-21-13-7-8-14-22(21)27(23)16-15-19-9-3-1-4-10-19/h1-14H,15-18H2,(H,25,28). The zero-order chi connectivity index (χ0) is 19.9. The minimum atomic E-state index is -0.171. The number of nitrogens with zero attached hydrogens (tertiary/aromatic N) is 2. The van der Waals surface area contributed by atoms with Crippen LogP contribution < -0.4 is 10.1 Å². The second-order valence-corrected chi connectivity index (χ2v) is 6.78. The average molecular weight is 385 g/mol. The molecule has 1 heterocycles. The molecule has 4 aromatic rings. The molecule has 1 aromatic heterocycles. The van der Waals surface area contributed by atoms with E-state index in [1.807, 2.05) is 54.6 Å². The van der Waals surface area contributed by atoms with Gasteiger partial charge in [-0.3, -0.25) is 4.79 Å². The molecule has 146 valence electrons. The largest absolute Gasteiger partial charge is 0.484 e. The van der Waals surface area contributed by atoms with Crippen LogP contribution in [-0.2, 0) is 24.3 Å². The highest BCUT2D eigenvalue weighted by atomic mass is 16.5. The first-order valence-electron chi connectivity index (χ1n) is 9.72. The van der Waals surface area contributed by atoms with E-state index in [0.29, 0.717) is 12.3 Å². The molecule has 0 fully saturated rings. The van der Waals surface area contributed by atoms with Gasteiger partial charge in [0.15, 0.2) is 6.61 Å².